The molecule has 0 amide bonds. The number of rotatable bonds is 0. The molecular weight excluding hydrogens is 410 g/mol. The standard InChI is InChI=1S/4C6H7N.Zn/c4*1-6-2-4-7-5-3-6;/h4*2-5H,1H3;/q;;;;+2. The maximum atomic E-state index is 3.85. The minimum atomic E-state index is 0. The molecule has 0 aliphatic carbocycles. The van der Waals surface area contributed by atoms with Crippen LogP contribution >= 0.6 is 0 Å². The number of aromatic nitrogens is 4. The third-order valence-corrected chi connectivity index (χ3v) is 3.39. The number of nitrogens with zero attached hydrogens (tertiary/aromatic N) is 4. The first-order valence-corrected chi connectivity index (χ1v) is 9.04. The molecule has 0 fully saturated rings. The van der Waals surface area contributed by atoms with Crippen molar-refractivity contribution in [2.75, 3.05) is 0 Å². The van der Waals surface area contributed by atoms with Gasteiger partial charge in [-0.3, -0.25) is 19.9 Å². The summed E-state index contributed by atoms with van der Waals surface area (Å²) in [6.07, 6.45) is 14.3. The first kappa shape index (κ1) is 26.2. The quantitative estimate of drug-likeness (QED) is 0.338. The Labute approximate surface area is 187 Å². The first-order chi connectivity index (χ1) is 13.6. The average Bonchev–Trinajstić information content (AvgIpc) is 2.72. The van der Waals surface area contributed by atoms with Crippen LogP contribution in [0.5, 0.6) is 0 Å². The number of aryl methyl sites for hydroxylation is 4. The summed E-state index contributed by atoms with van der Waals surface area (Å²) in [5.41, 5.74) is 5.04. The fourth-order valence-electron chi connectivity index (χ4n) is 1.71. The molecular formula is C24H28N4Zn+2. The number of hydrogen-bond acceptors (Lipinski definition) is 4. The largest absolute Gasteiger partial charge is 2.00 e. The molecule has 0 spiro atoms. The molecule has 144 valence electrons. The van der Waals surface area contributed by atoms with Gasteiger partial charge in [-0.2, -0.15) is 0 Å². The second kappa shape index (κ2) is 17.3. The van der Waals surface area contributed by atoms with E-state index < -0.39 is 0 Å². The fourth-order valence-corrected chi connectivity index (χ4v) is 1.71. The summed E-state index contributed by atoms with van der Waals surface area (Å²) in [5.74, 6) is 0. The summed E-state index contributed by atoms with van der Waals surface area (Å²) >= 11 is 0. The van der Waals surface area contributed by atoms with Crippen molar-refractivity contribution < 1.29 is 19.5 Å². The van der Waals surface area contributed by atoms with Gasteiger partial charge in [0.05, 0.1) is 0 Å². The second-order valence-electron chi connectivity index (χ2n) is 6.10. The number of pyridine rings is 4. The van der Waals surface area contributed by atoms with Gasteiger partial charge in [0.25, 0.3) is 0 Å². The molecule has 0 bridgehead atoms. The predicted molar refractivity (Wildman–Crippen MR) is 116 cm³/mol. The van der Waals surface area contributed by atoms with Crippen LogP contribution in [0.25, 0.3) is 0 Å². The summed E-state index contributed by atoms with van der Waals surface area (Å²) in [6.45, 7) is 8.17. The van der Waals surface area contributed by atoms with E-state index in [-0.39, 0.29) is 19.5 Å². The molecule has 0 aliphatic rings. The second-order valence-corrected chi connectivity index (χ2v) is 6.10. The van der Waals surface area contributed by atoms with Gasteiger partial charge in [0.15, 0.2) is 0 Å². The average molecular weight is 438 g/mol. The SMILES string of the molecule is Cc1ccncc1.Cc1ccncc1.Cc1ccncc1.Cc1ccncc1.[Zn+2]. The van der Waals surface area contributed by atoms with E-state index in [2.05, 4.69) is 19.9 Å². The van der Waals surface area contributed by atoms with Crippen molar-refractivity contribution in [3.63, 3.8) is 0 Å². The topological polar surface area (TPSA) is 51.6 Å². The summed E-state index contributed by atoms with van der Waals surface area (Å²) in [5, 5.41) is 0. The molecule has 0 atom stereocenters. The van der Waals surface area contributed by atoms with Crippen molar-refractivity contribution in [1.82, 2.24) is 19.9 Å². The van der Waals surface area contributed by atoms with Gasteiger partial charge in [-0.1, -0.05) is 0 Å². The van der Waals surface area contributed by atoms with Crippen molar-refractivity contribution in [2.45, 2.75) is 27.7 Å². The van der Waals surface area contributed by atoms with Gasteiger partial charge in [0.1, 0.15) is 0 Å². The molecule has 4 aromatic rings. The van der Waals surface area contributed by atoms with Crippen LogP contribution in [0.2, 0.25) is 0 Å². The van der Waals surface area contributed by atoms with E-state index in [1.165, 1.54) is 22.3 Å². The molecule has 4 rings (SSSR count). The van der Waals surface area contributed by atoms with Crippen LogP contribution in [0.3, 0.4) is 0 Å². The van der Waals surface area contributed by atoms with Gasteiger partial charge >= 0.3 is 19.5 Å². The Bertz CT molecular complexity index is 693. The van der Waals surface area contributed by atoms with Crippen molar-refractivity contribution in [3.8, 4) is 0 Å². The Hall–Kier alpha value is -2.78. The molecule has 0 radical (unpaired) electrons. The molecule has 4 aromatic heterocycles. The Morgan fingerprint density at radius 3 is 0.552 bits per heavy atom. The van der Waals surface area contributed by atoms with Crippen molar-refractivity contribution in [1.29, 1.82) is 0 Å². The Morgan fingerprint density at radius 2 is 0.483 bits per heavy atom. The zero-order valence-electron chi connectivity index (χ0n) is 17.7. The zero-order valence-corrected chi connectivity index (χ0v) is 20.7. The van der Waals surface area contributed by atoms with Gasteiger partial charge < -0.3 is 0 Å². The molecule has 4 heterocycles. The Morgan fingerprint density at radius 1 is 0.345 bits per heavy atom. The maximum absolute atomic E-state index is 3.85. The first-order valence-electron chi connectivity index (χ1n) is 9.04. The summed E-state index contributed by atoms with van der Waals surface area (Å²) in [6, 6.07) is 15.8. The molecule has 0 aromatic carbocycles. The van der Waals surface area contributed by atoms with Crippen LogP contribution < -0.4 is 0 Å². The third kappa shape index (κ3) is 15.9. The molecule has 29 heavy (non-hydrogen) atoms. The van der Waals surface area contributed by atoms with E-state index >= 15 is 0 Å². The molecule has 0 unspecified atom stereocenters. The monoisotopic (exact) mass is 436 g/mol. The fraction of sp³-hybridized carbons (Fsp3) is 0.167. The molecule has 4 nitrogen and oxygen atoms in total. The van der Waals surface area contributed by atoms with E-state index in [0.29, 0.717) is 0 Å². The Kier molecular flexibility index (Phi) is 15.7. The van der Waals surface area contributed by atoms with E-state index in [1.54, 1.807) is 49.6 Å². The molecule has 0 N–H and O–H groups in total. The van der Waals surface area contributed by atoms with Crippen molar-refractivity contribution in [3.05, 3.63) is 120 Å². The summed E-state index contributed by atoms with van der Waals surface area (Å²) in [7, 11) is 0. The Balaban J connectivity index is 0.000000356. The van der Waals surface area contributed by atoms with Crippen molar-refractivity contribution >= 4 is 0 Å². The van der Waals surface area contributed by atoms with Gasteiger partial charge in [-0.25, -0.2) is 0 Å². The normalized spacial score (nSPS) is 8.41. The minimum Gasteiger partial charge on any atom is -0.265 e. The van der Waals surface area contributed by atoms with E-state index in [1.807, 2.05) is 76.2 Å². The van der Waals surface area contributed by atoms with E-state index in [4.69, 9.17) is 0 Å². The van der Waals surface area contributed by atoms with Crippen LogP contribution in [0, 0.1) is 27.7 Å². The van der Waals surface area contributed by atoms with Gasteiger partial charge in [-0.05, 0) is 98.5 Å². The van der Waals surface area contributed by atoms with Gasteiger partial charge in [0, 0.05) is 49.6 Å². The van der Waals surface area contributed by atoms with Crippen LogP contribution in [-0.4, -0.2) is 19.9 Å². The predicted octanol–water partition coefficient (Wildman–Crippen LogP) is 5.56. The van der Waals surface area contributed by atoms with Gasteiger partial charge in [0.2, 0.25) is 0 Å². The minimum absolute atomic E-state index is 0. The molecule has 0 saturated carbocycles. The van der Waals surface area contributed by atoms with E-state index in [0.717, 1.165) is 0 Å². The van der Waals surface area contributed by atoms with Crippen LogP contribution in [0.4, 0.5) is 0 Å². The number of hydrogen-bond donors (Lipinski definition) is 0. The summed E-state index contributed by atoms with van der Waals surface area (Å²) in [4.78, 5) is 15.4. The summed E-state index contributed by atoms with van der Waals surface area (Å²) < 4.78 is 0. The van der Waals surface area contributed by atoms with Crippen LogP contribution in [0.1, 0.15) is 22.3 Å². The van der Waals surface area contributed by atoms with Crippen LogP contribution in [-0.2, 0) is 19.5 Å². The van der Waals surface area contributed by atoms with Gasteiger partial charge in [-0.15, -0.1) is 0 Å². The molecule has 0 aliphatic heterocycles. The molecule has 0 saturated heterocycles. The smallest absolute Gasteiger partial charge is 0.265 e. The third-order valence-electron chi connectivity index (χ3n) is 3.39. The van der Waals surface area contributed by atoms with Crippen molar-refractivity contribution in [2.24, 2.45) is 0 Å². The zero-order chi connectivity index (χ0) is 20.5. The van der Waals surface area contributed by atoms with E-state index in [9.17, 15) is 0 Å². The molecule has 5 heteroatoms. The van der Waals surface area contributed by atoms with Crippen LogP contribution in [0.15, 0.2) is 98.1 Å². The maximum Gasteiger partial charge on any atom is 2.00 e.